The van der Waals surface area contributed by atoms with E-state index in [4.69, 9.17) is 5.26 Å². The summed E-state index contributed by atoms with van der Waals surface area (Å²) in [4.78, 5) is 8.06. The number of fused-ring (bicyclic) bond motifs is 1. The summed E-state index contributed by atoms with van der Waals surface area (Å²) < 4.78 is 14.6. The monoisotopic (exact) mass is 281 g/mol. The second-order valence-corrected chi connectivity index (χ2v) is 4.62. The van der Waals surface area contributed by atoms with Crippen molar-refractivity contribution in [1.82, 2.24) is 14.5 Å². The van der Waals surface area contributed by atoms with Crippen LogP contribution in [0.4, 0.5) is 10.3 Å². The van der Waals surface area contributed by atoms with E-state index < -0.39 is 5.95 Å². The molecule has 1 aromatic carbocycles. The number of rotatable bonds is 3. The highest BCUT2D eigenvalue weighted by Gasteiger charge is 2.10. The number of nitrogens with zero attached hydrogens (tertiary/aromatic N) is 4. The Kier molecular flexibility index (Phi) is 3.24. The molecule has 0 amide bonds. The molecule has 1 N–H and O–H groups in total. The molecule has 3 aromatic rings. The van der Waals surface area contributed by atoms with Crippen LogP contribution in [0.1, 0.15) is 11.1 Å². The molecule has 0 saturated heterocycles. The van der Waals surface area contributed by atoms with Crippen molar-refractivity contribution in [2.75, 3.05) is 5.32 Å². The predicted molar refractivity (Wildman–Crippen MR) is 77.0 cm³/mol. The summed E-state index contributed by atoms with van der Waals surface area (Å²) in [6, 6.07) is 10.6. The molecule has 0 radical (unpaired) electrons. The Bertz CT molecular complexity index is 830. The summed E-state index contributed by atoms with van der Waals surface area (Å²) >= 11 is 0. The van der Waals surface area contributed by atoms with Gasteiger partial charge in [0.2, 0.25) is 11.9 Å². The fourth-order valence-corrected chi connectivity index (χ4v) is 2.15. The number of nitrogens with one attached hydrogen (secondary N) is 1. The maximum absolute atomic E-state index is 12.8. The number of aryl methyl sites for hydroxylation is 1. The fourth-order valence-electron chi connectivity index (χ4n) is 2.15. The Balaban J connectivity index is 1.89. The molecule has 21 heavy (non-hydrogen) atoms. The number of benzene rings is 1. The number of pyridine rings is 1. The number of halogens is 1. The molecule has 104 valence electrons. The van der Waals surface area contributed by atoms with E-state index in [9.17, 15) is 4.39 Å². The van der Waals surface area contributed by atoms with Gasteiger partial charge < -0.3 is 9.88 Å². The molecule has 2 heterocycles. The highest BCUT2D eigenvalue weighted by molar-refractivity contribution is 5.84. The van der Waals surface area contributed by atoms with Gasteiger partial charge in [-0.25, -0.2) is 9.97 Å². The second-order valence-electron chi connectivity index (χ2n) is 4.62. The maximum Gasteiger partial charge on any atom is 0.212 e. The van der Waals surface area contributed by atoms with Crippen molar-refractivity contribution in [3.63, 3.8) is 0 Å². The van der Waals surface area contributed by atoms with Gasteiger partial charge in [-0.3, -0.25) is 0 Å². The van der Waals surface area contributed by atoms with Crippen LogP contribution in [0, 0.1) is 17.3 Å². The van der Waals surface area contributed by atoms with Gasteiger partial charge in [-0.2, -0.15) is 9.65 Å². The van der Waals surface area contributed by atoms with Gasteiger partial charge in [0.1, 0.15) is 11.6 Å². The minimum absolute atomic E-state index is 0.479. The van der Waals surface area contributed by atoms with Gasteiger partial charge >= 0.3 is 0 Å². The molecule has 0 aliphatic carbocycles. The lowest BCUT2D eigenvalue weighted by atomic mass is 10.2. The third-order valence-electron chi connectivity index (χ3n) is 3.27. The third kappa shape index (κ3) is 2.41. The molecule has 0 unspecified atom stereocenters. The van der Waals surface area contributed by atoms with Crippen molar-refractivity contribution in [2.24, 2.45) is 7.05 Å². The van der Waals surface area contributed by atoms with E-state index in [1.54, 1.807) is 12.1 Å². The zero-order chi connectivity index (χ0) is 14.8. The van der Waals surface area contributed by atoms with Crippen LogP contribution in [0.25, 0.3) is 11.0 Å². The maximum atomic E-state index is 12.8. The number of anilines is 1. The van der Waals surface area contributed by atoms with Crippen molar-refractivity contribution in [3.8, 4) is 6.07 Å². The first-order valence-electron chi connectivity index (χ1n) is 6.39. The zero-order valence-corrected chi connectivity index (χ0v) is 11.3. The summed E-state index contributed by atoms with van der Waals surface area (Å²) in [7, 11) is 1.88. The molecular weight excluding hydrogens is 269 g/mol. The summed E-state index contributed by atoms with van der Waals surface area (Å²) in [5.41, 5.74) is 2.94. The van der Waals surface area contributed by atoms with E-state index in [-0.39, 0.29) is 0 Å². The van der Waals surface area contributed by atoms with Gasteiger partial charge in [-0.05, 0) is 23.8 Å². The summed E-state index contributed by atoms with van der Waals surface area (Å²) in [5, 5.41) is 12.3. The van der Waals surface area contributed by atoms with Gasteiger partial charge in [0.15, 0.2) is 0 Å². The van der Waals surface area contributed by atoms with Crippen LogP contribution >= 0.6 is 0 Å². The fraction of sp³-hybridized carbons (Fsp3) is 0.133. The Morgan fingerprint density at radius 3 is 2.90 bits per heavy atom. The lowest BCUT2D eigenvalue weighted by Gasteiger charge is -2.05. The minimum atomic E-state index is -0.500. The molecule has 2 aromatic heterocycles. The first-order chi connectivity index (χ1) is 10.2. The van der Waals surface area contributed by atoms with E-state index >= 15 is 0 Å². The molecule has 0 atom stereocenters. The summed E-state index contributed by atoms with van der Waals surface area (Å²) in [5.74, 6) is 0.150. The molecule has 0 bridgehead atoms. The first-order valence-corrected chi connectivity index (χ1v) is 6.39. The van der Waals surface area contributed by atoms with Crippen LogP contribution in [-0.2, 0) is 13.6 Å². The molecule has 0 saturated carbocycles. The minimum Gasteiger partial charge on any atom is -0.351 e. The molecular formula is C15H12FN5. The number of nitriles is 1. The van der Waals surface area contributed by atoms with Crippen molar-refractivity contribution < 1.29 is 4.39 Å². The summed E-state index contributed by atoms with van der Waals surface area (Å²) in [6.07, 6.45) is 1.48. The number of imidazole rings is 1. The van der Waals surface area contributed by atoms with E-state index in [0.29, 0.717) is 23.6 Å². The SMILES string of the molecule is Cn1c(NCc2ccc(F)nc2)nc2c(C#N)cccc21. The quantitative estimate of drug-likeness (QED) is 0.749. The van der Waals surface area contributed by atoms with E-state index in [0.717, 1.165) is 11.1 Å². The Labute approximate surface area is 120 Å². The molecule has 0 aliphatic heterocycles. The van der Waals surface area contributed by atoms with Gasteiger partial charge in [0, 0.05) is 19.8 Å². The number of aromatic nitrogens is 3. The van der Waals surface area contributed by atoms with E-state index in [1.165, 1.54) is 12.3 Å². The standard InChI is InChI=1S/C15H12FN5/c1-21-12-4-2-3-11(7-17)14(12)20-15(21)19-9-10-5-6-13(16)18-8-10/h2-6,8H,9H2,1H3,(H,19,20). The first kappa shape index (κ1) is 13.1. The van der Waals surface area contributed by atoms with Crippen LogP contribution in [0.3, 0.4) is 0 Å². The normalized spacial score (nSPS) is 10.5. The Morgan fingerprint density at radius 2 is 2.19 bits per heavy atom. The third-order valence-corrected chi connectivity index (χ3v) is 3.27. The van der Waals surface area contributed by atoms with Gasteiger partial charge in [-0.1, -0.05) is 12.1 Å². The van der Waals surface area contributed by atoms with Crippen LogP contribution in [-0.4, -0.2) is 14.5 Å². The highest BCUT2D eigenvalue weighted by atomic mass is 19.1. The van der Waals surface area contributed by atoms with Gasteiger partial charge in [0.05, 0.1) is 11.1 Å². The summed E-state index contributed by atoms with van der Waals surface area (Å²) in [6.45, 7) is 0.479. The highest BCUT2D eigenvalue weighted by Crippen LogP contribution is 2.21. The predicted octanol–water partition coefficient (Wildman–Crippen LogP) is 2.59. The van der Waals surface area contributed by atoms with E-state index in [2.05, 4.69) is 21.4 Å². The van der Waals surface area contributed by atoms with Crippen LogP contribution in [0.5, 0.6) is 0 Å². The van der Waals surface area contributed by atoms with Crippen LogP contribution in [0.2, 0.25) is 0 Å². The van der Waals surface area contributed by atoms with Gasteiger partial charge in [-0.15, -0.1) is 0 Å². The molecule has 5 nitrogen and oxygen atoms in total. The lowest BCUT2D eigenvalue weighted by molar-refractivity contribution is 0.582. The Hall–Kier alpha value is -2.94. The van der Waals surface area contributed by atoms with E-state index in [1.807, 2.05) is 23.7 Å². The number of hydrogen-bond donors (Lipinski definition) is 1. The molecule has 3 rings (SSSR count). The van der Waals surface area contributed by atoms with Crippen molar-refractivity contribution in [2.45, 2.75) is 6.54 Å². The number of hydrogen-bond acceptors (Lipinski definition) is 4. The van der Waals surface area contributed by atoms with Crippen LogP contribution in [0.15, 0.2) is 36.5 Å². The van der Waals surface area contributed by atoms with Crippen molar-refractivity contribution in [3.05, 3.63) is 53.6 Å². The lowest BCUT2D eigenvalue weighted by Crippen LogP contribution is -2.05. The Morgan fingerprint density at radius 1 is 1.33 bits per heavy atom. The van der Waals surface area contributed by atoms with Crippen molar-refractivity contribution >= 4 is 17.0 Å². The molecule has 0 spiro atoms. The average Bonchev–Trinajstić information content (AvgIpc) is 2.83. The topological polar surface area (TPSA) is 66.5 Å². The van der Waals surface area contributed by atoms with Crippen molar-refractivity contribution in [1.29, 1.82) is 5.26 Å². The molecule has 0 aliphatic rings. The number of para-hydroxylation sites is 1. The molecule has 0 fully saturated rings. The molecule has 6 heteroatoms. The zero-order valence-electron chi connectivity index (χ0n) is 11.3. The van der Waals surface area contributed by atoms with Gasteiger partial charge in [0.25, 0.3) is 0 Å². The second kappa shape index (κ2) is 5.21. The largest absolute Gasteiger partial charge is 0.351 e. The smallest absolute Gasteiger partial charge is 0.212 e. The van der Waals surface area contributed by atoms with Crippen LogP contribution < -0.4 is 5.32 Å². The average molecular weight is 281 g/mol.